The Balaban J connectivity index is 0.000000151. The van der Waals surface area contributed by atoms with E-state index in [2.05, 4.69) is 11.1 Å². The van der Waals surface area contributed by atoms with E-state index in [4.69, 9.17) is 17.3 Å². The standard InChI is InChI=1S/C9H10ClN.C7H7NO/c10-9-6-5-7-3-1-2-4-8(7)11-9;8-7(9)6-4-2-1-3-5-6/h5-6H,1-4H2;1-5H,(H2,8,9). The number of amides is 1. The first-order valence-electron chi connectivity index (χ1n) is 6.66. The summed E-state index contributed by atoms with van der Waals surface area (Å²) in [5, 5.41) is 0.630. The van der Waals surface area contributed by atoms with Gasteiger partial charge >= 0.3 is 0 Å². The van der Waals surface area contributed by atoms with Crippen molar-refractivity contribution >= 4 is 17.5 Å². The summed E-state index contributed by atoms with van der Waals surface area (Å²) in [6.07, 6.45) is 4.85. The van der Waals surface area contributed by atoms with Gasteiger partial charge in [-0.25, -0.2) is 4.98 Å². The van der Waals surface area contributed by atoms with Crippen LogP contribution in [-0.2, 0) is 12.8 Å². The van der Waals surface area contributed by atoms with Crippen molar-refractivity contribution < 1.29 is 4.79 Å². The van der Waals surface area contributed by atoms with Gasteiger partial charge in [0.15, 0.2) is 0 Å². The van der Waals surface area contributed by atoms with Crippen LogP contribution in [0.3, 0.4) is 0 Å². The smallest absolute Gasteiger partial charge is 0.248 e. The molecule has 3 rings (SSSR count). The molecule has 2 N–H and O–H groups in total. The molecule has 0 radical (unpaired) electrons. The van der Waals surface area contributed by atoms with Crippen LogP contribution in [0.5, 0.6) is 0 Å². The highest BCUT2D eigenvalue weighted by molar-refractivity contribution is 6.29. The van der Waals surface area contributed by atoms with E-state index in [-0.39, 0.29) is 5.91 Å². The highest BCUT2D eigenvalue weighted by Gasteiger charge is 2.09. The Hall–Kier alpha value is -1.87. The molecule has 0 atom stereocenters. The molecule has 1 aliphatic rings. The Labute approximate surface area is 123 Å². The number of fused-ring (bicyclic) bond motifs is 1. The molecule has 1 aromatic heterocycles. The van der Waals surface area contributed by atoms with Gasteiger partial charge in [0.05, 0.1) is 0 Å². The van der Waals surface area contributed by atoms with Crippen LogP contribution in [0.4, 0.5) is 0 Å². The molecule has 2 aromatic rings. The van der Waals surface area contributed by atoms with Crippen molar-refractivity contribution in [3.05, 3.63) is 64.4 Å². The van der Waals surface area contributed by atoms with Crippen molar-refractivity contribution in [2.45, 2.75) is 25.7 Å². The van der Waals surface area contributed by atoms with Gasteiger partial charge in [0, 0.05) is 11.3 Å². The lowest BCUT2D eigenvalue weighted by atomic mass is 9.96. The molecule has 4 heteroatoms. The van der Waals surface area contributed by atoms with Crippen molar-refractivity contribution in [1.29, 1.82) is 0 Å². The molecule has 0 saturated heterocycles. The average molecular weight is 289 g/mol. The minimum absolute atomic E-state index is 0.379. The number of hydrogen-bond acceptors (Lipinski definition) is 2. The second-order valence-electron chi connectivity index (χ2n) is 4.68. The summed E-state index contributed by atoms with van der Waals surface area (Å²) in [6, 6.07) is 12.7. The molecular formula is C16H17ClN2O. The second kappa shape index (κ2) is 7.06. The second-order valence-corrected chi connectivity index (χ2v) is 5.06. The number of aryl methyl sites for hydroxylation is 2. The molecule has 0 aliphatic heterocycles. The zero-order valence-electron chi connectivity index (χ0n) is 11.2. The molecule has 0 bridgehead atoms. The summed E-state index contributed by atoms with van der Waals surface area (Å²) in [4.78, 5) is 14.7. The number of carbonyl (C=O) groups is 1. The fraction of sp³-hybridized carbons (Fsp3) is 0.250. The third-order valence-electron chi connectivity index (χ3n) is 3.20. The molecule has 1 amide bonds. The summed E-state index contributed by atoms with van der Waals surface area (Å²) >= 11 is 5.77. The Morgan fingerprint density at radius 1 is 1.05 bits per heavy atom. The average Bonchev–Trinajstić information content (AvgIpc) is 2.48. The van der Waals surface area contributed by atoms with Crippen LogP contribution in [-0.4, -0.2) is 10.9 Å². The number of aromatic nitrogens is 1. The molecule has 1 heterocycles. The van der Waals surface area contributed by atoms with Crippen LogP contribution in [0.15, 0.2) is 42.5 Å². The van der Waals surface area contributed by atoms with Gasteiger partial charge in [-0.1, -0.05) is 35.9 Å². The summed E-state index contributed by atoms with van der Waals surface area (Å²) in [7, 11) is 0. The van der Waals surface area contributed by atoms with E-state index >= 15 is 0 Å². The van der Waals surface area contributed by atoms with Crippen molar-refractivity contribution in [1.82, 2.24) is 4.98 Å². The van der Waals surface area contributed by atoms with Gasteiger partial charge in [-0.2, -0.15) is 0 Å². The van der Waals surface area contributed by atoms with E-state index in [9.17, 15) is 4.79 Å². The lowest BCUT2D eigenvalue weighted by molar-refractivity contribution is 0.100. The molecule has 0 fully saturated rings. The third-order valence-corrected chi connectivity index (χ3v) is 3.41. The van der Waals surface area contributed by atoms with Crippen molar-refractivity contribution in [3.63, 3.8) is 0 Å². The van der Waals surface area contributed by atoms with Crippen LogP contribution in [0.2, 0.25) is 5.15 Å². The summed E-state index contributed by atoms with van der Waals surface area (Å²) in [5.41, 5.74) is 8.13. The molecule has 0 saturated carbocycles. The van der Waals surface area contributed by atoms with Crippen LogP contribution in [0.25, 0.3) is 0 Å². The topological polar surface area (TPSA) is 56.0 Å². The zero-order chi connectivity index (χ0) is 14.4. The molecule has 0 unspecified atom stereocenters. The number of nitrogens with two attached hydrogens (primary N) is 1. The number of benzene rings is 1. The number of carbonyl (C=O) groups excluding carboxylic acids is 1. The van der Waals surface area contributed by atoms with Crippen LogP contribution in [0.1, 0.15) is 34.5 Å². The first kappa shape index (κ1) is 14.5. The highest BCUT2D eigenvalue weighted by Crippen LogP contribution is 2.20. The molecule has 0 spiro atoms. The number of nitrogens with zero attached hydrogens (tertiary/aromatic N) is 1. The Kier molecular flexibility index (Phi) is 5.13. The maximum Gasteiger partial charge on any atom is 0.248 e. The van der Waals surface area contributed by atoms with Gasteiger partial charge in [-0.05, 0) is 49.4 Å². The molecule has 1 aromatic carbocycles. The normalized spacial score (nSPS) is 12.8. The fourth-order valence-electron chi connectivity index (χ4n) is 2.16. The van der Waals surface area contributed by atoms with Gasteiger partial charge in [-0.15, -0.1) is 0 Å². The van der Waals surface area contributed by atoms with E-state index in [1.54, 1.807) is 24.3 Å². The number of halogens is 1. The van der Waals surface area contributed by atoms with Gasteiger partial charge < -0.3 is 5.73 Å². The Morgan fingerprint density at radius 2 is 1.75 bits per heavy atom. The summed E-state index contributed by atoms with van der Waals surface area (Å²) in [6.45, 7) is 0. The van der Waals surface area contributed by atoms with E-state index in [1.165, 1.54) is 30.5 Å². The zero-order valence-corrected chi connectivity index (χ0v) is 11.9. The molecule has 1 aliphatic carbocycles. The van der Waals surface area contributed by atoms with Gasteiger partial charge in [0.25, 0.3) is 0 Å². The monoisotopic (exact) mass is 288 g/mol. The largest absolute Gasteiger partial charge is 0.366 e. The Bertz CT molecular complexity index is 584. The number of hydrogen-bond donors (Lipinski definition) is 1. The maximum atomic E-state index is 10.4. The fourth-order valence-corrected chi connectivity index (χ4v) is 2.32. The lowest BCUT2D eigenvalue weighted by Gasteiger charge is -2.13. The summed E-state index contributed by atoms with van der Waals surface area (Å²) in [5.74, 6) is -0.379. The van der Waals surface area contributed by atoms with E-state index < -0.39 is 0 Å². The van der Waals surface area contributed by atoms with E-state index in [1.807, 2.05) is 12.1 Å². The highest BCUT2D eigenvalue weighted by atomic mass is 35.5. The van der Waals surface area contributed by atoms with Crippen molar-refractivity contribution in [3.8, 4) is 0 Å². The van der Waals surface area contributed by atoms with Crippen LogP contribution in [0, 0.1) is 0 Å². The Morgan fingerprint density at radius 3 is 2.40 bits per heavy atom. The van der Waals surface area contributed by atoms with Gasteiger partial charge in [0.1, 0.15) is 5.15 Å². The van der Waals surface area contributed by atoms with Gasteiger partial charge in [0.2, 0.25) is 5.91 Å². The first-order valence-corrected chi connectivity index (χ1v) is 7.04. The maximum absolute atomic E-state index is 10.4. The third kappa shape index (κ3) is 4.07. The molecule has 104 valence electrons. The van der Waals surface area contributed by atoms with Crippen LogP contribution >= 0.6 is 11.6 Å². The predicted octanol–water partition coefficient (Wildman–Crippen LogP) is 3.40. The van der Waals surface area contributed by atoms with E-state index in [0.29, 0.717) is 10.7 Å². The predicted molar refractivity (Wildman–Crippen MR) is 80.8 cm³/mol. The minimum atomic E-state index is -0.379. The SMILES string of the molecule is Clc1ccc2c(n1)CCCC2.NC(=O)c1ccccc1. The van der Waals surface area contributed by atoms with Crippen LogP contribution < -0.4 is 5.73 Å². The minimum Gasteiger partial charge on any atom is -0.366 e. The molecule has 3 nitrogen and oxygen atoms in total. The van der Waals surface area contributed by atoms with Crippen molar-refractivity contribution in [2.75, 3.05) is 0 Å². The van der Waals surface area contributed by atoms with Gasteiger partial charge in [-0.3, -0.25) is 4.79 Å². The number of pyridine rings is 1. The van der Waals surface area contributed by atoms with Crippen molar-refractivity contribution in [2.24, 2.45) is 5.73 Å². The first-order chi connectivity index (χ1) is 9.66. The number of rotatable bonds is 1. The summed E-state index contributed by atoms with van der Waals surface area (Å²) < 4.78 is 0. The molecular weight excluding hydrogens is 272 g/mol. The number of primary amides is 1. The quantitative estimate of drug-likeness (QED) is 0.818. The lowest BCUT2D eigenvalue weighted by Crippen LogP contribution is -2.09. The molecule has 20 heavy (non-hydrogen) atoms. The van der Waals surface area contributed by atoms with E-state index in [0.717, 1.165) is 6.42 Å².